The average molecular weight is 383 g/mol. The quantitative estimate of drug-likeness (QED) is 0.350. The van der Waals surface area contributed by atoms with E-state index in [1.807, 2.05) is 24.3 Å². The van der Waals surface area contributed by atoms with Crippen molar-refractivity contribution < 1.29 is 9.53 Å². The van der Waals surface area contributed by atoms with E-state index in [0.29, 0.717) is 12.3 Å². The highest BCUT2D eigenvalue weighted by Crippen LogP contribution is 2.16. The normalized spacial score (nSPS) is 10.7. The van der Waals surface area contributed by atoms with Crippen LogP contribution in [0.1, 0.15) is 39.2 Å². The molecular weight excluding hydrogens is 352 g/mol. The smallest absolute Gasteiger partial charge is 0.339 e. The largest absolute Gasteiger partial charge is 0.494 e. The Morgan fingerprint density at radius 2 is 1.71 bits per heavy atom. The molecule has 0 saturated heterocycles. The summed E-state index contributed by atoms with van der Waals surface area (Å²) in [6, 6.07) is 15.0. The van der Waals surface area contributed by atoms with Crippen molar-refractivity contribution in [1.29, 1.82) is 0 Å². The maximum Gasteiger partial charge on any atom is 0.339 e. The van der Waals surface area contributed by atoms with Gasteiger partial charge in [-0.05, 0) is 62.2 Å². The molecule has 0 heterocycles. The molecule has 2 N–H and O–H groups in total. The van der Waals surface area contributed by atoms with Gasteiger partial charge in [0.25, 0.3) is 0 Å². The first-order chi connectivity index (χ1) is 13.7. The van der Waals surface area contributed by atoms with Gasteiger partial charge in [0, 0.05) is 24.5 Å². The van der Waals surface area contributed by atoms with Crippen LogP contribution in [0.3, 0.4) is 0 Å². The number of rotatable bonds is 10. The minimum Gasteiger partial charge on any atom is -0.494 e. The fraction of sp³-hybridized carbons (Fsp3) is 0.364. The van der Waals surface area contributed by atoms with Gasteiger partial charge in [0.1, 0.15) is 5.75 Å². The number of carbonyl (C=O) groups is 1. The summed E-state index contributed by atoms with van der Waals surface area (Å²) in [7, 11) is 0. The molecule has 2 aromatic carbocycles. The number of unbranched alkanes of at least 4 members (excludes halogenated alkanes) is 1. The van der Waals surface area contributed by atoms with Crippen molar-refractivity contribution in [3.05, 3.63) is 54.1 Å². The van der Waals surface area contributed by atoms with Gasteiger partial charge in [0.15, 0.2) is 0 Å². The molecule has 0 aliphatic carbocycles. The van der Waals surface area contributed by atoms with Gasteiger partial charge in [-0.25, -0.2) is 10.2 Å². The predicted octanol–water partition coefficient (Wildman–Crippen LogP) is 4.87. The molecule has 0 bridgehead atoms. The Kier molecular flexibility index (Phi) is 8.85. The Bertz CT molecular complexity index is 738. The highest BCUT2D eigenvalue weighted by molar-refractivity contribution is 5.90. The van der Waals surface area contributed by atoms with E-state index in [4.69, 9.17) is 4.74 Å². The molecule has 6 heteroatoms. The van der Waals surface area contributed by atoms with Crippen LogP contribution in [0.4, 0.5) is 16.2 Å². The van der Waals surface area contributed by atoms with Crippen LogP contribution in [0.15, 0.2) is 53.6 Å². The second-order valence-electron chi connectivity index (χ2n) is 6.31. The molecule has 2 rings (SSSR count). The molecule has 0 spiro atoms. The lowest BCUT2D eigenvalue weighted by molar-refractivity contribution is 0.252. The third-order valence-electron chi connectivity index (χ3n) is 4.28. The molecular formula is C22H30N4O2. The molecule has 2 aromatic rings. The maximum atomic E-state index is 11.9. The number of urea groups is 1. The van der Waals surface area contributed by atoms with Crippen molar-refractivity contribution in [3.8, 4) is 5.75 Å². The van der Waals surface area contributed by atoms with Gasteiger partial charge in [-0.3, -0.25) is 0 Å². The summed E-state index contributed by atoms with van der Waals surface area (Å²) in [6.07, 6.45) is 3.75. The number of ether oxygens (including phenoxy) is 1. The Morgan fingerprint density at radius 1 is 1.04 bits per heavy atom. The lowest BCUT2D eigenvalue weighted by atomic mass is 10.2. The van der Waals surface area contributed by atoms with Gasteiger partial charge >= 0.3 is 6.03 Å². The van der Waals surface area contributed by atoms with Gasteiger partial charge < -0.3 is 15.0 Å². The number of amides is 2. The third kappa shape index (κ3) is 6.95. The topological polar surface area (TPSA) is 66.0 Å². The predicted molar refractivity (Wildman–Crippen MR) is 117 cm³/mol. The molecule has 0 radical (unpaired) electrons. The molecule has 6 nitrogen and oxygen atoms in total. The summed E-state index contributed by atoms with van der Waals surface area (Å²) < 4.78 is 5.60. The Labute approximate surface area is 167 Å². The molecule has 0 aromatic heterocycles. The van der Waals surface area contributed by atoms with Crippen LogP contribution in [-0.4, -0.2) is 31.9 Å². The summed E-state index contributed by atoms with van der Waals surface area (Å²) in [5.41, 5.74) is 5.25. The molecule has 0 aliphatic heterocycles. The summed E-state index contributed by atoms with van der Waals surface area (Å²) in [6.45, 7) is 9.03. The lowest BCUT2D eigenvalue weighted by Crippen LogP contribution is -2.24. The van der Waals surface area contributed by atoms with E-state index in [-0.39, 0.29) is 0 Å². The SMILES string of the molecule is CCCCOc1ccc(NC(=O)N/N=C\c2ccc(N(CC)CC)cc2)cc1. The minimum atomic E-state index is -0.393. The van der Waals surface area contributed by atoms with Crippen LogP contribution < -0.4 is 20.4 Å². The van der Waals surface area contributed by atoms with Crippen molar-refractivity contribution in [3.63, 3.8) is 0 Å². The third-order valence-corrected chi connectivity index (χ3v) is 4.28. The van der Waals surface area contributed by atoms with Crippen molar-refractivity contribution in [2.24, 2.45) is 5.10 Å². The van der Waals surface area contributed by atoms with Crippen LogP contribution in [0.2, 0.25) is 0 Å². The second kappa shape index (κ2) is 11.6. The monoisotopic (exact) mass is 382 g/mol. The summed E-state index contributed by atoms with van der Waals surface area (Å²) in [5.74, 6) is 0.797. The van der Waals surface area contributed by atoms with E-state index in [1.165, 1.54) is 5.69 Å². The van der Waals surface area contributed by atoms with Crippen molar-refractivity contribution in [2.45, 2.75) is 33.6 Å². The Morgan fingerprint density at radius 3 is 2.32 bits per heavy atom. The number of hydrogen-bond donors (Lipinski definition) is 2. The highest BCUT2D eigenvalue weighted by Gasteiger charge is 2.02. The van der Waals surface area contributed by atoms with Gasteiger partial charge in [-0.1, -0.05) is 25.5 Å². The number of nitrogens with one attached hydrogen (secondary N) is 2. The number of anilines is 2. The number of hydrazone groups is 1. The lowest BCUT2D eigenvalue weighted by Gasteiger charge is -2.20. The molecule has 150 valence electrons. The van der Waals surface area contributed by atoms with Crippen LogP contribution >= 0.6 is 0 Å². The zero-order valence-corrected chi connectivity index (χ0v) is 16.9. The van der Waals surface area contributed by atoms with E-state index < -0.39 is 6.03 Å². The van der Waals surface area contributed by atoms with E-state index in [0.717, 1.165) is 37.2 Å². The Hall–Kier alpha value is -3.02. The van der Waals surface area contributed by atoms with E-state index in [9.17, 15) is 4.79 Å². The molecule has 0 unspecified atom stereocenters. The molecule has 0 saturated carbocycles. The van der Waals surface area contributed by atoms with Crippen molar-refractivity contribution in [1.82, 2.24) is 5.43 Å². The van der Waals surface area contributed by atoms with E-state index >= 15 is 0 Å². The Balaban J connectivity index is 1.80. The molecule has 2 amide bonds. The van der Waals surface area contributed by atoms with Crippen molar-refractivity contribution in [2.75, 3.05) is 29.9 Å². The number of nitrogens with zero attached hydrogens (tertiary/aromatic N) is 2. The first kappa shape index (κ1) is 21.3. The first-order valence-electron chi connectivity index (χ1n) is 9.84. The zero-order chi connectivity index (χ0) is 20.2. The van der Waals surface area contributed by atoms with Gasteiger partial charge in [0.05, 0.1) is 12.8 Å². The van der Waals surface area contributed by atoms with Crippen LogP contribution in [0.25, 0.3) is 0 Å². The average Bonchev–Trinajstić information content (AvgIpc) is 2.71. The van der Waals surface area contributed by atoms with Gasteiger partial charge in [0.2, 0.25) is 0 Å². The summed E-state index contributed by atoms with van der Waals surface area (Å²) in [5, 5.41) is 6.73. The van der Waals surface area contributed by atoms with Gasteiger partial charge in [-0.15, -0.1) is 0 Å². The maximum absolute atomic E-state index is 11.9. The molecule has 0 atom stereocenters. The summed E-state index contributed by atoms with van der Waals surface area (Å²) in [4.78, 5) is 14.2. The fourth-order valence-corrected chi connectivity index (χ4v) is 2.65. The fourth-order valence-electron chi connectivity index (χ4n) is 2.65. The number of hydrogen-bond acceptors (Lipinski definition) is 4. The standard InChI is InChI=1S/C22H30N4O2/c1-4-7-16-28-21-14-10-19(11-15-21)24-22(27)25-23-17-18-8-12-20(13-9-18)26(5-2)6-3/h8-15,17H,4-7,16H2,1-3H3,(H2,24,25,27)/b23-17-. The van der Waals surface area contributed by atoms with Crippen LogP contribution in [-0.2, 0) is 0 Å². The van der Waals surface area contributed by atoms with Crippen LogP contribution in [0, 0.1) is 0 Å². The number of benzene rings is 2. The van der Waals surface area contributed by atoms with Crippen LogP contribution in [0.5, 0.6) is 5.75 Å². The van der Waals surface area contributed by atoms with E-state index in [1.54, 1.807) is 18.3 Å². The zero-order valence-electron chi connectivity index (χ0n) is 16.9. The van der Waals surface area contributed by atoms with Crippen molar-refractivity contribution >= 4 is 23.6 Å². The number of carbonyl (C=O) groups excluding carboxylic acids is 1. The minimum absolute atomic E-state index is 0.393. The van der Waals surface area contributed by atoms with E-state index in [2.05, 4.69) is 53.6 Å². The second-order valence-corrected chi connectivity index (χ2v) is 6.31. The highest BCUT2D eigenvalue weighted by atomic mass is 16.5. The molecule has 0 aliphatic rings. The summed E-state index contributed by atoms with van der Waals surface area (Å²) >= 11 is 0. The first-order valence-corrected chi connectivity index (χ1v) is 9.84. The van der Waals surface area contributed by atoms with Gasteiger partial charge in [-0.2, -0.15) is 5.10 Å². The molecule has 0 fully saturated rings. The molecule has 28 heavy (non-hydrogen) atoms.